The van der Waals surface area contributed by atoms with E-state index in [1.165, 1.54) is 5.56 Å². The highest BCUT2D eigenvalue weighted by Crippen LogP contribution is 2.40. The number of rotatable bonds is 4. The maximum absolute atomic E-state index is 6.63. The molecule has 0 spiro atoms. The van der Waals surface area contributed by atoms with Gasteiger partial charge >= 0.3 is 0 Å². The van der Waals surface area contributed by atoms with Gasteiger partial charge in [-0.3, -0.25) is 0 Å². The van der Waals surface area contributed by atoms with E-state index in [4.69, 9.17) is 4.43 Å². The minimum atomic E-state index is -1.87. The fourth-order valence-electron chi connectivity index (χ4n) is 2.14. The van der Waals surface area contributed by atoms with Gasteiger partial charge in [-0.1, -0.05) is 81.1 Å². The molecule has 0 aliphatic rings. The first-order chi connectivity index (χ1) is 11.8. The molecule has 0 amide bonds. The van der Waals surface area contributed by atoms with Crippen LogP contribution in [0.25, 0.3) is 0 Å². The normalized spacial score (nSPS) is 13.3. The molecule has 0 heterocycles. The van der Waals surface area contributed by atoms with Crippen LogP contribution in [0, 0.1) is 11.8 Å². The van der Waals surface area contributed by atoms with Gasteiger partial charge in [-0.15, -0.1) is 0 Å². The number of hydrogen-bond acceptors (Lipinski definition) is 1. The smallest absolute Gasteiger partial charge is 0.193 e. The van der Waals surface area contributed by atoms with Crippen molar-refractivity contribution in [3.63, 3.8) is 0 Å². The second-order valence-electron chi connectivity index (χ2n) is 7.70. The third kappa shape index (κ3) is 5.74. The summed E-state index contributed by atoms with van der Waals surface area (Å²) in [5, 5.41) is 0.170. The zero-order chi connectivity index (χ0) is 18.3. The lowest BCUT2D eigenvalue weighted by molar-refractivity contribution is 0.229. The van der Waals surface area contributed by atoms with Crippen molar-refractivity contribution in [2.24, 2.45) is 0 Å². The van der Waals surface area contributed by atoms with Crippen LogP contribution in [-0.4, -0.2) is 8.32 Å². The van der Waals surface area contributed by atoms with Gasteiger partial charge in [0.2, 0.25) is 0 Å². The van der Waals surface area contributed by atoms with Gasteiger partial charge in [0, 0.05) is 5.56 Å². The summed E-state index contributed by atoms with van der Waals surface area (Å²) < 4.78 is 6.63. The van der Waals surface area contributed by atoms with Gasteiger partial charge in [-0.25, -0.2) is 0 Å². The van der Waals surface area contributed by atoms with Gasteiger partial charge < -0.3 is 4.43 Å². The molecule has 0 aliphatic carbocycles. The van der Waals surface area contributed by atoms with Gasteiger partial charge in [0.15, 0.2) is 8.32 Å². The molecule has 2 aromatic carbocycles. The van der Waals surface area contributed by atoms with E-state index >= 15 is 0 Å². The second kappa shape index (κ2) is 8.34. The van der Waals surface area contributed by atoms with E-state index in [-0.39, 0.29) is 11.1 Å². The van der Waals surface area contributed by atoms with Crippen molar-refractivity contribution in [1.82, 2.24) is 0 Å². The van der Waals surface area contributed by atoms with Crippen molar-refractivity contribution < 1.29 is 4.43 Å². The first kappa shape index (κ1) is 19.2. The molecular formula is C23H28OSi. The first-order valence-corrected chi connectivity index (χ1v) is 11.7. The molecule has 0 bridgehead atoms. The second-order valence-corrected chi connectivity index (χ2v) is 12.5. The maximum Gasteiger partial charge on any atom is 0.193 e. The summed E-state index contributed by atoms with van der Waals surface area (Å²) in [6.45, 7) is 11.4. The fourth-order valence-corrected chi connectivity index (χ4v) is 3.34. The molecule has 0 N–H and O–H groups in total. The highest BCUT2D eigenvalue weighted by Gasteiger charge is 2.38. The summed E-state index contributed by atoms with van der Waals surface area (Å²) >= 11 is 0. The topological polar surface area (TPSA) is 9.23 Å². The first-order valence-electron chi connectivity index (χ1n) is 8.76. The Morgan fingerprint density at radius 2 is 1.48 bits per heavy atom. The summed E-state index contributed by atoms with van der Waals surface area (Å²) in [6.07, 6.45) is 3.93. The molecule has 2 aromatic rings. The van der Waals surface area contributed by atoms with Crippen LogP contribution in [0.5, 0.6) is 0 Å². The summed E-state index contributed by atoms with van der Waals surface area (Å²) in [5.74, 6) is 6.29. The lowest BCUT2D eigenvalue weighted by Crippen LogP contribution is -2.41. The Labute approximate surface area is 153 Å². The van der Waals surface area contributed by atoms with Gasteiger partial charge in [-0.2, -0.15) is 0 Å². The monoisotopic (exact) mass is 348 g/mol. The van der Waals surface area contributed by atoms with E-state index in [2.05, 4.69) is 76.0 Å². The fraction of sp³-hybridized carbons (Fsp3) is 0.304. The predicted octanol–water partition coefficient (Wildman–Crippen LogP) is 6.36. The zero-order valence-electron chi connectivity index (χ0n) is 15.9. The van der Waals surface area contributed by atoms with Crippen molar-refractivity contribution in [2.75, 3.05) is 0 Å². The van der Waals surface area contributed by atoms with Crippen LogP contribution in [0.2, 0.25) is 18.1 Å². The minimum Gasteiger partial charge on any atom is -0.406 e. The molecule has 0 saturated carbocycles. The van der Waals surface area contributed by atoms with Gasteiger partial charge in [0.05, 0.1) is 6.10 Å². The highest BCUT2D eigenvalue weighted by atomic mass is 28.4. The van der Waals surface area contributed by atoms with Crippen molar-refractivity contribution in [3.8, 4) is 11.8 Å². The Morgan fingerprint density at radius 1 is 0.920 bits per heavy atom. The van der Waals surface area contributed by atoms with Gasteiger partial charge in [0.25, 0.3) is 0 Å². The lowest BCUT2D eigenvalue weighted by Gasteiger charge is -2.38. The van der Waals surface area contributed by atoms with Crippen molar-refractivity contribution in [3.05, 3.63) is 83.9 Å². The van der Waals surface area contributed by atoms with Gasteiger partial charge in [0.1, 0.15) is 0 Å². The maximum atomic E-state index is 6.63. The summed E-state index contributed by atoms with van der Waals surface area (Å²) in [6, 6.07) is 20.4. The Bertz CT molecular complexity index is 743. The van der Waals surface area contributed by atoms with E-state index in [9.17, 15) is 0 Å². The van der Waals surface area contributed by atoms with Crippen molar-refractivity contribution >= 4 is 8.32 Å². The van der Waals surface area contributed by atoms with Crippen LogP contribution in [0.3, 0.4) is 0 Å². The highest BCUT2D eigenvalue weighted by molar-refractivity contribution is 6.74. The summed E-state index contributed by atoms with van der Waals surface area (Å²) in [4.78, 5) is 0. The van der Waals surface area contributed by atoms with E-state index in [0.717, 1.165) is 5.56 Å². The van der Waals surface area contributed by atoms with Crippen LogP contribution >= 0.6 is 0 Å². The molecule has 130 valence electrons. The quantitative estimate of drug-likeness (QED) is 0.461. The molecule has 0 fully saturated rings. The average Bonchev–Trinajstić information content (AvgIpc) is 2.58. The van der Waals surface area contributed by atoms with Crippen LogP contribution < -0.4 is 0 Å². The van der Waals surface area contributed by atoms with E-state index in [1.807, 2.05) is 42.5 Å². The summed E-state index contributed by atoms with van der Waals surface area (Å²) in [5.41, 5.74) is 2.19. The van der Waals surface area contributed by atoms with Gasteiger partial charge in [-0.05, 0) is 48.0 Å². The van der Waals surface area contributed by atoms with Crippen LogP contribution in [-0.2, 0) is 4.43 Å². The molecular weight excluding hydrogens is 320 g/mol. The molecule has 0 unspecified atom stereocenters. The Kier molecular flexibility index (Phi) is 6.42. The molecule has 0 aromatic heterocycles. The number of benzene rings is 2. The van der Waals surface area contributed by atoms with E-state index < -0.39 is 8.32 Å². The lowest BCUT2D eigenvalue weighted by atomic mass is 10.1. The molecule has 0 saturated heterocycles. The predicted molar refractivity (Wildman–Crippen MR) is 110 cm³/mol. The average molecular weight is 349 g/mol. The van der Waals surface area contributed by atoms with Crippen LogP contribution in [0.1, 0.15) is 38.0 Å². The number of allylic oxidation sites excluding steroid dienone is 1. The Balaban J connectivity index is 2.21. The number of hydrogen-bond donors (Lipinski definition) is 0. The third-order valence-electron chi connectivity index (χ3n) is 4.70. The van der Waals surface area contributed by atoms with Crippen molar-refractivity contribution in [1.29, 1.82) is 0 Å². The molecule has 0 aliphatic heterocycles. The standard InChI is InChI=1S/C23H28OSi/c1-23(2,3)25(4,5)24-22(21-17-10-7-11-18-21)19-13-12-16-20-14-8-6-9-15-20/h6-11,13-15,17-19,22H,1-5H3/b19-13-/t22-/m0/s1. The van der Waals surface area contributed by atoms with E-state index in [1.54, 1.807) is 0 Å². The van der Waals surface area contributed by atoms with Crippen molar-refractivity contribution in [2.45, 2.75) is 45.0 Å². The molecule has 25 heavy (non-hydrogen) atoms. The molecule has 1 nitrogen and oxygen atoms in total. The largest absolute Gasteiger partial charge is 0.406 e. The summed E-state index contributed by atoms with van der Waals surface area (Å²) in [7, 11) is -1.87. The third-order valence-corrected chi connectivity index (χ3v) is 9.16. The molecule has 2 heteroatoms. The SMILES string of the molecule is CC(C)(C)[Si](C)(C)O[C@@H](/C=C\C#Cc1ccccc1)c1ccccc1. The minimum absolute atomic E-state index is 0.0628. The zero-order valence-corrected chi connectivity index (χ0v) is 16.9. The molecule has 2 rings (SSSR count). The Hall–Kier alpha value is -2.08. The Morgan fingerprint density at radius 3 is 2.04 bits per heavy atom. The van der Waals surface area contributed by atoms with E-state index in [0.29, 0.717) is 0 Å². The molecule has 1 atom stereocenters. The van der Waals surface area contributed by atoms with Crippen LogP contribution in [0.15, 0.2) is 72.8 Å². The van der Waals surface area contributed by atoms with Crippen LogP contribution in [0.4, 0.5) is 0 Å². The molecule has 0 radical (unpaired) electrons.